The van der Waals surface area contributed by atoms with E-state index in [4.69, 9.17) is 27.0 Å². The third-order valence-corrected chi connectivity index (χ3v) is 2.04. The minimum Gasteiger partial charge on any atom is -0.422 e. The molecule has 0 aliphatic heterocycles. The minimum atomic E-state index is -3.46. The fourth-order valence-corrected chi connectivity index (χ4v) is 1.63. The van der Waals surface area contributed by atoms with Gasteiger partial charge in [-0.05, 0) is 24.6 Å². The molecule has 0 bridgehead atoms. The lowest BCUT2D eigenvalue weighted by atomic mass is 10.2. The van der Waals surface area contributed by atoms with Gasteiger partial charge in [0.05, 0.1) is 0 Å². The lowest BCUT2D eigenvalue weighted by Crippen LogP contribution is -1.81. The van der Waals surface area contributed by atoms with Crippen molar-refractivity contribution in [3.8, 4) is 5.75 Å². The van der Waals surface area contributed by atoms with Crippen molar-refractivity contribution in [1.29, 1.82) is 0 Å². The van der Waals surface area contributed by atoms with Crippen LogP contribution in [-0.2, 0) is 4.57 Å². The van der Waals surface area contributed by atoms with E-state index in [1.807, 2.05) is 13.0 Å². The lowest BCUT2D eigenvalue weighted by Gasteiger charge is -2.05. The first-order valence-corrected chi connectivity index (χ1v) is 6.66. The van der Waals surface area contributed by atoms with Crippen molar-refractivity contribution in [1.82, 2.24) is 0 Å². The van der Waals surface area contributed by atoms with E-state index in [2.05, 4.69) is 0 Å². The Morgan fingerprint density at radius 3 is 2.58 bits per heavy atom. The zero-order valence-electron chi connectivity index (χ0n) is 6.33. The van der Waals surface area contributed by atoms with E-state index in [-0.39, 0.29) is 0 Å². The smallest absolute Gasteiger partial charge is 0.422 e. The standard InChI is InChI=1S/C7H7Cl2O2P/c1-6-3-2-4-7(5-6)11-12(8,9)10/h2-5H,1H3. The third kappa shape index (κ3) is 3.48. The van der Waals surface area contributed by atoms with Gasteiger partial charge in [0.1, 0.15) is 5.75 Å². The quantitative estimate of drug-likeness (QED) is 0.712. The van der Waals surface area contributed by atoms with Gasteiger partial charge in [-0.3, -0.25) is 0 Å². The summed E-state index contributed by atoms with van der Waals surface area (Å²) >= 11 is 10.4. The molecule has 0 amide bonds. The molecule has 1 aromatic rings. The van der Waals surface area contributed by atoms with E-state index >= 15 is 0 Å². The Hall–Kier alpha value is -0.170. The predicted octanol–water partition coefficient (Wildman–Crippen LogP) is 3.96. The summed E-state index contributed by atoms with van der Waals surface area (Å²) < 4.78 is 15.6. The van der Waals surface area contributed by atoms with Gasteiger partial charge in [0.2, 0.25) is 0 Å². The first kappa shape index (κ1) is 9.91. The molecule has 0 spiro atoms. The monoisotopic (exact) mass is 224 g/mol. The minimum absolute atomic E-state index is 0.420. The fraction of sp³-hybridized carbons (Fsp3) is 0.143. The molecule has 0 N–H and O–H groups in total. The average molecular weight is 225 g/mol. The van der Waals surface area contributed by atoms with Gasteiger partial charge in [0.15, 0.2) is 0 Å². The molecule has 0 fully saturated rings. The molecule has 12 heavy (non-hydrogen) atoms. The molecule has 0 atom stereocenters. The van der Waals surface area contributed by atoms with Crippen LogP contribution in [0.25, 0.3) is 0 Å². The highest BCUT2D eigenvalue weighted by Gasteiger charge is 2.15. The van der Waals surface area contributed by atoms with Crippen molar-refractivity contribution in [3.05, 3.63) is 29.8 Å². The number of hydrogen-bond donors (Lipinski definition) is 0. The number of rotatable bonds is 2. The van der Waals surface area contributed by atoms with Crippen LogP contribution >= 0.6 is 28.6 Å². The van der Waals surface area contributed by atoms with Crippen LogP contribution in [0, 0.1) is 6.92 Å². The Labute approximate surface area is 80.5 Å². The second-order valence-corrected chi connectivity index (χ2v) is 6.52. The molecule has 0 unspecified atom stereocenters. The van der Waals surface area contributed by atoms with Crippen molar-refractivity contribution in [2.75, 3.05) is 0 Å². The highest BCUT2D eigenvalue weighted by molar-refractivity contribution is 8.05. The zero-order valence-corrected chi connectivity index (χ0v) is 8.74. The number of hydrogen-bond acceptors (Lipinski definition) is 2. The summed E-state index contributed by atoms with van der Waals surface area (Å²) in [4.78, 5) is 0. The van der Waals surface area contributed by atoms with E-state index in [0.29, 0.717) is 5.75 Å². The number of benzene rings is 1. The van der Waals surface area contributed by atoms with Gasteiger partial charge in [-0.2, -0.15) is 0 Å². The van der Waals surface area contributed by atoms with Crippen LogP contribution in [0.4, 0.5) is 0 Å². The summed E-state index contributed by atoms with van der Waals surface area (Å²) in [6.45, 7) is 1.89. The van der Waals surface area contributed by atoms with Crippen LogP contribution in [-0.4, -0.2) is 0 Å². The maximum absolute atomic E-state index is 10.8. The number of aryl methyl sites for hydroxylation is 1. The van der Waals surface area contributed by atoms with Crippen LogP contribution < -0.4 is 4.52 Å². The van der Waals surface area contributed by atoms with Crippen molar-refractivity contribution in [3.63, 3.8) is 0 Å². The average Bonchev–Trinajstić information content (AvgIpc) is 1.82. The molecule has 5 heteroatoms. The van der Waals surface area contributed by atoms with E-state index in [1.165, 1.54) is 0 Å². The summed E-state index contributed by atoms with van der Waals surface area (Å²) in [6.07, 6.45) is -3.46. The van der Waals surface area contributed by atoms with Crippen molar-refractivity contribution >= 4 is 28.6 Å². The Morgan fingerprint density at radius 1 is 1.42 bits per heavy atom. The molecule has 0 heterocycles. The van der Waals surface area contributed by atoms with Crippen LogP contribution in [0.3, 0.4) is 0 Å². The first-order valence-electron chi connectivity index (χ1n) is 3.23. The van der Waals surface area contributed by atoms with Gasteiger partial charge >= 0.3 is 6.07 Å². The van der Waals surface area contributed by atoms with Gasteiger partial charge in [-0.25, -0.2) is 4.57 Å². The van der Waals surface area contributed by atoms with E-state index in [9.17, 15) is 4.57 Å². The molecule has 0 aromatic heterocycles. The fourth-order valence-electron chi connectivity index (χ4n) is 0.795. The molecule has 0 radical (unpaired) electrons. The molecule has 0 aliphatic carbocycles. The summed E-state index contributed by atoms with van der Waals surface area (Å²) in [6, 6.07) is 7.01. The summed E-state index contributed by atoms with van der Waals surface area (Å²) in [5.74, 6) is 0.420. The maximum atomic E-state index is 10.8. The van der Waals surface area contributed by atoms with Crippen LogP contribution in [0.2, 0.25) is 0 Å². The van der Waals surface area contributed by atoms with Gasteiger partial charge in [-0.15, -0.1) is 0 Å². The molecular formula is C7H7Cl2O2P. The first-order chi connectivity index (χ1) is 5.47. The largest absolute Gasteiger partial charge is 0.428 e. The van der Waals surface area contributed by atoms with Gasteiger partial charge in [-0.1, -0.05) is 12.1 Å². The SMILES string of the molecule is Cc1cccc(OP(=O)(Cl)Cl)c1. The summed E-state index contributed by atoms with van der Waals surface area (Å²) in [5, 5.41) is 0. The normalized spacial score (nSPS) is 11.2. The lowest BCUT2D eigenvalue weighted by molar-refractivity contribution is 0.513. The Kier molecular flexibility index (Phi) is 3.05. The highest BCUT2D eigenvalue weighted by atomic mass is 35.9. The zero-order chi connectivity index (χ0) is 9.19. The van der Waals surface area contributed by atoms with Crippen LogP contribution in [0.1, 0.15) is 5.56 Å². The van der Waals surface area contributed by atoms with Crippen LogP contribution in [0.15, 0.2) is 24.3 Å². The maximum Gasteiger partial charge on any atom is 0.428 e. The topological polar surface area (TPSA) is 26.3 Å². The molecule has 1 rings (SSSR count). The van der Waals surface area contributed by atoms with Crippen molar-refractivity contribution in [2.45, 2.75) is 6.92 Å². The second kappa shape index (κ2) is 3.69. The number of halogens is 2. The predicted molar refractivity (Wildman–Crippen MR) is 51.1 cm³/mol. The molecular weight excluding hydrogens is 218 g/mol. The molecule has 2 nitrogen and oxygen atoms in total. The third-order valence-electron chi connectivity index (χ3n) is 1.20. The molecule has 1 aromatic carbocycles. The molecule has 66 valence electrons. The molecule has 0 aliphatic rings. The van der Waals surface area contributed by atoms with E-state index < -0.39 is 6.07 Å². The van der Waals surface area contributed by atoms with Crippen LogP contribution in [0.5, 0.6) is 5.75 Å². The molecule has 0 saturated heterocycles. The Balaban J connectivity index is 2.84. The summed E-state index contributed by atoms with van der Waals surface area (Å²) in [5.41, 5.74) is 0.995. The second-order valence-electron chi connectivity index (χ2n) is 2.32. The van der Waals surface area contributed by atoms with Gasteiger partial charge in [0, 0.05) is 22.5 Å². The van der Waals surface area contributed by atoms with Gasteiger partial charge < -0.3 is 4.52 Å². The highest BCUT2D eigenvalue weighted by Crippen LogP contribution is 2.57. The summed E-state index contributed by atoms with van der Waals surface area (Å²) in [7, 11) is 0. The molecule has 0 saturated carbocycles. The van der Waals surface area contributed by atoms with Gasteiger partial charge in [0.25, 0.3) is 0 Å². The Bertz CT molecular complexity index is 321. The Morgan fingerprint density at radius 2 is 2.08 bits per heavy atom. The van der Waals surface area contributed by atoms with E-state index in [0.717, 1.165) is 5.56 Å². The van der Waals surface area contributed by atoms with E-state index in [1.54, 1.807) is 18.2 Å². The van der Waals surface area contributed by atoms with Crippen molar-refractivity contribution < 1.29 is 9.09 Å². The van der Waals surface area contributed by atoms with Crippen molar-refractivity contribution in [2.24, 2.45) is 0 Å².